The maximum absolute atomic E-state index is 12.3. The van der Waals surface area contributed by atoms with Gasteiger partial charge >= 0.3 is 0 Å². The van der Waals surface area contributed by atoms with Gasteiger partial charge in [-0.1, -0.05) is 30.3 Å². The number of aromatic nitrogens is 1. The Morgan fingerprint density at radius 3 is 2.68 bits per heavy atom. The van der Waals surface area contributed by atoms with Gasteiger partial charge in [0.05, 0.1) is 6.04 Å². The molecule has 1 amide bonds. The third-order valence-electron chi connectivity index (χ3n) is 3.29. The number of aryl methyl sites for hydroxylation is 1. The number of furan rings is 1. The summed E-state index contributed by atoms with van der Waals surface area (Å²) in [6, 6.07) is 13.4. The Morgan fingerprint density at radius 1 is 1.23 bits per heavy atom. The first kappa shape index (κ1) is 14.5. The zero-order chi connectivity index (χ0) is 15.5. The molecule has 3 rings (SSSR count). The highest BCUT2D eigenvalue weighted by Crippen LogP contribution is 2.23. The van der Waals surface area contributed by atoms with Gasteiger partial charge in [-0.3, -0.25) is 4.79 Å². The fourth-order valence-electron chi connectivity index (χ4n) is 2.12. The van der Waals surface area contributed by atoms with Gasteiger partial charge in [0.15, 0.2) is 0 Å². The number of carbonyl (C=O) groups is 1. The number of rotatable bonds is 4. The average Bonchev–Trinajstić information content (AvgIpc) is 3.17. The molecule has 1 unspecified atom stereocenters. The highest BCUT2D eigenvalue weighted by molar-refractivity contribution is 7.13. The second kappa shape index (κ2) is 6.15. The van der Waals surface area contributed by atoms with Crippen molar-refractivity contribution >= 4 is 17.2 Å². The van der Waals surface area contributed by atoms with Crippen molar-refractivity contribution in [1.82, 2.24) is 10.3 Å². The summed E-state index contributed by atoms with van der Waals surface area (Å²) in [6.07, 6.45) is 0. The van der Waals surface area contributed by atoms with Gasteiger partial charge in [-0.2, -0.15) is 0 Å². The molecule has 2 aromatic heterocycles. The van der Waals surface area contributed by atoms with Crippen LogP contribution in [0.2, 0.25) is 0 Å². The molecule has 0 fully saturated rings. The van der Waals surface area contributed by atoms with Crippen LogP contribution >= 0.6 is 11.3 Å². The predicted octanol–water partition coefficient (Wildman–Crippen LogP) is 4.20. The maximum atomic E-state index is 12.3. The number of benzene rings is 1. The van der Waals surface area contributed by atoms with Gasteiger partial charge in [-0.25, -0.2) is 4.98 Å². The molecule has 1 atom stereocenters. The van der Waals surface area contributed by atoms with Crippen LogP contribution in [0.15, 0.2) is 52.3 Å². The van der Waals surface area contributed by atoms with Crippen LogP contribution in [0.25, 0.3) is 10.6 Å². The summed E-state index contributed by atoms with van der Waals surface area (Å²) in [6.45, 7) is 3.77. The number of hydrogen-bond donors (Lipinski definition) is 1. The third kappa shape index (κ3) is 3.09. The molecule has 22 heavy (non-hydrogen) atoms. The Bertz CT molecular complexity index is 777. The van der Waals surface area contributed by atoms with E-state index >= 15 is 0 Å². The lowest BCUT2D eigenvalue weighted by Crippen LogP contribution is -2.26. The molecule has 4 nitrogen and oxygen atoms in total. The van der Waals surface area contributed by atoms with Crippen molar-refractivity contribution in [2.45, 2.75) is 19.9 Å². The van der Waals surface area contributed by atoms with Crippen LogP contribution in [-0.4, -0.2) is 10.9 Å². The van der Waals surface area contributed by atoms with Crippen LogP contribution in [0.3, 0.4) is 0 Å². The number of nitrogens with zero attached hydrogens (tertiary/aromatic N) is 1. The van der Waals surface area contributed by atoms with E-state index in [0.29, 0.717) is 5.69 Å². The lowest BCUT2D eigenvalue weighted by Gasteiger charge is -2.09. The van der Waals surface area contributed by atoms with Crippen LogP contribution in [0, 0.1) is 6.92 Å². The summed E-state index contributed by atoms with van der Waals surface area (Å²) < 4.78 is 5.52. The normalized spacial score (nSPS) is 12.1. The summed E-state index contributed by atoms with van der Waals surface area (Å²) in [5.74, 6) is 1.38. The average molecular weight is 312 g/mol. The van der Waals surface area contributed by atoms with E-state index in [4.69, 9.17) is 4.42 Å². The molecule has 0 spiro atoms. The smallest absolute Gasteiger partial charge is 0.271 e. The van der Waals surface area contributed by atoms with E-state index in [0.717, 1.165) is 22.1 Å². The second-order valence-corrected chi connectivity index (χ2v) is 5.91. The topological polar surface area (TPSA) is 55.1 Å². The fraction of sp³-hybridized carbons (Fsp3) is 0.176. The summed E-state index contributed by atoms with van der Waals surface area (Å²) in [7, 11) is 0. The molecule has 0 aliphatic heterocycles. The molecule has 0 aliphatic rings. The summed E-state index contributed by atoms with van der Waals surface area (Å²) >= 11 is 1.46. The summed E-state index contributed by atoms with van der Waals surface area (Å²) in [5, 5.41) is 5.52. The Balaban J connectivity index is 1.72. The molecule has 112 valence electrons. The van der Waals surface area contributed by atoms with Gasteiger partial charge < -0.3 is 9.73 Å². The largest absolute Gasteiger partial charge is 0.464 e. The van der Waals surface area contributed by atoms with Gasteiger partial charge in [0.1, 0.15) is 22.2 Å². The van der Waals surface area contributed by atoms with Gasteiger partial charge in [0.25, 0.3) is 5.91 Å². The SMILES string of the molecule is Cc1ccc(C(C)NC(=O)c2csc(-c3ccccc3)n2)o1. The van der Waals surface area contributed by atoms with Crippen LogP contribution < -0.4 is 5.32 Å². The first-order valence-electron chi connectivity index (χ1n) is 7.01. The molecular formula is C17H16N2O2S. The van der Waals surface area contributed by atoms with Crippen molar-refractivity contribution in [3.63, 3.8) is 0 Å². The number of thiazole rings is 1. The number of amides is 1. The molecule has 1 aromatic carbocycles. The van der Waals surface area contributed by atoms with Gasteiger partial charge in [-0.05, 0) is 26.0 Å². The molecule has 1 N–H and O–H groups in total. The molecule has 0 aliphatic carbocycles. The Labute approximate surface area is 132 Å². The van der Waals surface area contributed by atoms with E-state index in [1.807, 2.05) is 56.3 Å². The van der Waals surface area contributed by atoms with E-state index in [2.05, 4.69) is 10.3 Å². The second-order valence-electron chi connectivity index (χ2n) is 5.05. The Morgan fingerprint density at radius 2 is 2.00 bits per heavy atom. The fourth-order valence-corrected chi connectivity index (χ4v) is 2.93. The quantitative estimate of drug-likeness (QED) is 0.785. The van der Waals surface area contributed by atoms with E-state index in [1.165, 1.54) is 11.3 Å². The van der Waals surface area contributed by atoms with Crippen molar-refractivity contribution in [1.29, 1.82) is 0 Å². The van der Waals surface area contributed by atoms with Crippen LogP contribution in [0.1, 0.15) is 35.0 Å². The lowest BCUT2D eigenvalue weighted by atomic mass is 10.2. The Hall–Kier alpha value is -2.40. The molecule has 2 heterocycles. The van der Waals surface area contributed by atoms with E-state index in [-0.39, 0.29) is 11.9 Å². The molecule has 0 radical (unpaired) electrons. The first-order chi connectivity index (χ1) is 10.6. The van der Waals surface area contributed by atoms with Crippen LogP contribution in [-0.2, 0) is 0 Å². The number of carbonyl (C=O) groups excluding carboxylic acids is 1. The van der Waals surface area contributed by atoms with E-state index in [1.54, 1.807) is 5.38 Å². The lowest BCUT2D eigenvalue weighted by molar-refractivity contribution is 0.0931. The minimum atomic E-state index is -0.194. The standard InChI is InChI=1S/C17H16N2O2S/c1-11-8-9-15(21-11)12(2)18-16(20)14-10-22-17(19-14)13-6-4-3-5-7-13/h3-10,12H,1-2H3,(H,18,20). The molecular weight excluding hydrogens is 296 g/mol. The highest BCUT2D eigenvalue weighted by Gasteiger charge is 2.16. The Kier molecular flexibility index (Phi) is 4.06. The predicted molar refractivity (Wildman–Crippen MR) is 86.9 cm³/mol. The zero-order valence-corrected chi connectivity index (χ0v) is 13.2. The van der Waals surface area contributed by atoms with Crippen LogP contribution in [0.4, 0.5) is 0 Å². The molecule has 3 aromatic rings. The molecule has 0 saturated heterocycles. The minimum absolute atomic E-state index is 0.192. The summed E-state index contributed by atoms with van der Waals surface area (Å²) in [5.41, 5.74) is 1.44. The zero-order valence-electron chi connectivity index (χ0n) is 12.4. The van der Waals surface area contributed by atoms with Crippen molar-refractivity contribution in [2.75, 3.05) is 0 Å². The monoisotopic (exact) mass is 312 g/mol. The van der Waals surface area contributed by atoms with Gasteiger partial charge in [-0.15, -0.1) is 11.3 Å². The van der Waals surface area contributed by atoms with E-state index in [9.17, 15) is 4.79 Å². The maximum Gasteiger partial charge on any atom is 0.271 e. The van der Waals surface area contributed by atoms with E-state index < -0.39 is 0 Å². The molecule has 0 bridgehead atoms. The first-order valence-corrected chi connectivity index (χ1v) is 7.89. The van der Waals surface area contributed by atoms with Crippen molar-refractivity contribution in [2.24, 2.45) is 0 Å². The van der Waals surface area contributed by atoms with Crippen LogP contribution in [0.5, 0.6) is 0 Å². The number of nitrogens with one attached hydrogen (secondary N) is 1. The number of hydrogen-bond acceptors (Lipinski definition) is 4. The van der Waals surface area contributed by atoms with Crippen molar-refractivity contribution in [3.8, 4) is 10.6 Å². The summed E-state index contributed by atoms with van der Waals surface area (Å²) in [4.78, 5) is 16.7. The third-order valence-corrected chi connectivity index (χ3v) is 4.18. The minimum Gasteiger partial charge on any atom is -0.464 e. The van der Waals surface area contributed by atoms with Crippen molar-refractivity contribution in [3.05, 3.63) is 65.1 Å². The van der Waals surface area contributed by atoms with Gasteiger partial charge in [0, 0.05) is 10.9 Å². The molecule has 5 heteroatoms. The molecule has 0 saturated carbocycles. The van der Waals surface area contributed by atoms with Crippen molar-refractivity contribution < 1.29 is 9.21 Å². The van der Waals surface area contributed by atoms with Gasteiger partial charge in [0.2, 0.25) is 0 Å². The highest BCUT2D eigenvalue weighted by atomic mass is 32.1.